The van der Waals surface area contributed by atoms with E-state index in [1.807, 2.05) is 0 Å². The van der Waals surface area contributed by atoms with Crippen LogP contribution in [0.25, 0.3) is 22.3 Å². The number of fused-ring (bicyclic) bond motifs is 1. The van der Waals surface area contributed by atoms with Crippen molar-refractivity contribution in [1.82, 2.24) is 0 Å². The lowest BCUT2D eigenvalue weighted by atomic mass is 10.1. The summed E-state index contributed by atoms with van der Waals surface area (Å²) in [6, 6.07) is 10.4. The minimum Gasteiger partial charge on any atom is -0.508 e. The Bertz CT molecular complexity index is 1000. The van der Waals surface area contributed by atoms with E-state index in [2.05, 4.69) is 0 Å². The first-order chi connectivity index (χ1) is 12.4. The first kappa shape index (κ1) is 17.3. The second kappa shape index (κ2) is 7.18. The smallest absolute Gasteiger partial charge is 0.303 e. The number of hydrogen-bond donors (Lipinski definition) is 3. The highest BCUT2D eigenvalue weighted by molar-refractivity contribution is 5.86. The van der Waals surface area contributed by atoms with Gasteiger partial charge in [-0.25, -0.2) is 0 Å². The summed E-state index contributed by atoms with van der Waals surface area (Å²) in [5, 5.41) is 27.9. The van der Waals surface area contributed by atoms with Crippen LogP contribution in [0, 0.1) is 0 Å². The molecule has 7 heteroatoms. The third-order valence-electron chi connectivity index (χ3n) is 3.74. The number of carboxylic acids is 1. The Morgan fingerprint density at radius 3 is 2.50 bits per heavy atom. The van der Waals surface area contributed by atoms with Gasteiger partial charge in [0.15, 0.2) is 5.43 Å². The van der Waals surface area contributed by atoms with Crippen molar-refractivity contribution in [3.63, 3.8) is 0 Å². The fourth-order valence-corrected chi connectivity index (χ4v) is 2.53. The van der Waals surface area contributed by atoms with Crippen LogP contribution < -0.4 is 10.2 Å². The van der Waals surface area contributed by atoms with E-state index >= 15 is 0 Å². The molecule has 0 bridgehead atoms. The Hall–Kier alpha value is -3.48. The molecule has 3 N–H and O–H groups in total. The van der Waals surface area contributed by atoms with E-state index in [1.165, 1.54) is 12.1 Å². The van der Waals surface area contributed by atoms with Gasteiger partial charge in [0, 0.05) is 30.2 Å². The van der Waals surface area contributed by atoms with Gasteiger partial charge in [-0.3, -0.25) is 9.59 Å². The Morgan fingerprint density at radius 2 is 1.81 bits per heavy atom. The monoisotopic (exact) mass is 356 g/mol. The predicted molar refractivity (Wildman–Crippen MR) is 93.6 cm³/mol. The molecule has 0 saturated heterocycles. The molecule has 2 aromatic carbocycles. The van der Waals surface area contributed by atoms with Crippen molar-refractivity contribution in [2.24, 2.45) is 0 Å². The molecule has 0 saturated carbocycles. The van der Waals surface area contributed by atoms with Crippen molar-refractivity contribution in [2.75, 3.05) is 6.61 Å². The number of ether oxygens (including phenoxy) is 1. The normalized spacial score (nSPS) is 10.8. The van der Waals surface area contributed by atoms with Gasteiger partial charge in [0.1, 0.15) is 34.0 Å². The summed E-state index contributed by atoms with van der Waals surface area (Å²) in [4.78, 5) is 22.7. The molecular formula is C19H16O7. The van der Waals surface area contributed by atoms with Gasteiger partial charge in [0.2, 0.25) is 0 Å². The summed E-state index contributed by atoms with van der Waals surface area (Å²) in [5.74, 6) is -0.569. The quantitative estimate of drug-likeness (QED) is 0.581. The average Bonchev–Trinajstić information content (AvgIpc) is 2.58. The van der Waals surface area contributed by atoms with Gasteiger partial charge in [0.05, 0.1) is 6.61 Å². The summed E-state index contributed by atoms with van der Waals surface area (Å²) in [6.07, 6.45) is 0.448. The molecule has 0 radical (unpaired) electrons. The van der Waals surface area contributed by atoms with Crippen LogP contribution in [-0.4, -0.2) is 27.9 Å². The number of rotatable bonds is 6. The van der Waals surface area contributed by atoms with Gasteiger partial charge < -0.3 is 24.5 Å². The number of carbonyl (C=O) groups is 1. The highest BCUT2D eigenvalue weighted by Gasteiger charge is 2.12. The van der Waals surface area contributed by atoms with Gasteiger partial charge in [-0.1, -0.05) is 0 Å². The second-order valence-corrected chi connectivity index (χ2v) is 5.68. The molecule has 7 nitrogen and oxygen atoms in total. The van der Waals surface area contributed by atoms with Gasteiger partial charge in [-0.2, -0.15) is 0 Å². The van der Waals surface area contributed by atoms with Crippen LogP contribution in [0.5, 0.6) is 17.2 Å². The minimum atomic E-state index is -0.868. The van der Waals surface area contributed by atoms with Gasteiger partial charge in [-0.05, 0) is 30.7 Å². The molecule has 3 rings (SSSR count). The van der Waals surface area contributed by atoms with E-state index in [4.69, 9.17) is 14.3 Å². The lowest BCUT2D eigenvalue weighted by Gasteiger charge is -2.07. The number of carboxylic acid groups (broad SMARTS) is 1. The zero-order valence-electron chi connectivity index (χ0n) is 13.6. The fraction of sp³-hybridized carbons (Fsp3) is 0.158. The molecule has 26 heavy (non-hydrogen) atoms. The van der Waals surface area contributed by atoms with Crippen LogP contribution in [0.2, 0.25) is 0 Å². The SMILES string of the molecule is O=C(O)CCCOc1ccc(-c2cc(=O)c3c(O)cc(O)cc3o2)cc1. The maximum atomic E-state index is 12.2. The van der Waals surface area contributed by atoms with E-state index in [0.717, 1.165) is 6.07 Å². The average molecular weight is 356 g/mol. The predicted octanol–water partition coefficient (Wildman–Crippen LogP) is 3.11. The topological polar surface area (TPSA) is 117 Å². The number of phenols is 2. The maximum absolute atomic E-state index is 12.2. The molecular weight excluding hydrogens is 340 g/mol. The van der Waals surface area contributed by atoms with Crippen LogP contribution in [0.15, 0.2) is 51.7 Å². The molecule has 0 spiro atoms. The zero-order valence-corrected chi connectivity index (χ0v) is 13.6. The van der Waals surface area contributed by atoms with Gasteiger partial charge in [0.25, 0.3) is 0 Å². The molecule has 1 aromatic heterocycles. The first-order valence-corrected chi connectivity index (χ1v) is 7.89. The number of hydrogen-bond acceptors (Lipinski definition) is 6. The highest BCUT2D eigenvalue weighted by atomic mass is 16.5. The van der Waals surface area contributed by atoms with Crippen LogP contribution in [0.1, 0.15) is 12.8 Å². The summed E-state index contributed by atoms with van der Waals surface area (Å²) in [5.41, 5.74) is 0.275. The van der Waals surface area contributed by atoms with Crippen molar-refractivity contribution in [3.05, 3.63) is 52.7 Å². The Morgan fingerprint density at radius 1 is 1.08 bits per heavy atom. The first-order valence-electron chi connectivity index (χ1n) is 7.89. The van der Waals surface area contributed by atoms with Crippen LogP contribution in [0.3, 0.4) is 0 Å². The lowest BCUT2D eigenvalue weighted by Crippen LogP contribution is -2.02. The van der Waals surface area contributed by atoms with Gasteiger partial charge >= 0.3 is 5.97 Å². The van der Waals surface area contributed by atoms with E-state index in [0.29, 0.717) is 17.7 Å². The van der Waals surface area contributed by atoms with Crippen molar-refractivity contribution < 1.29 is 29.3 Å². The van der Waals surface area contributed by atoms with Gasteiger partial charge in [-0.15, -0.1) is 0 Å². The Kier molecular flexibility index (Phi) is 4.79. The summed E-state index contributed by atoms with van der Waals surface area (Å²) in [7, 11) is 0. The summed E-state index contributed by atoms with van der Waals surface area (Å²) in [6.45, 7) is 0.287. The third kappa shape index (κ3) is 3.77. The summed E-state index contributed by atoms with van der Waals surface area (Å²) >= 11 is 0. The molecule has 0 amide bonds. The van der Waals surface area contributed by atoms with Crippen molar-refractivity contribution in [2.45, 2.75) is 12.8 Å². The molecule has 0 atom stereocenters. The van der Waals surface area contributed by atoms with E-state index in [9.17, 15) is 19.8 Å². The third-order valence-corrected chi connectivity index (χ3v) is 3.74. The Labute approximate surface area is 147 Å². The van der Waals surface area contributed by atoms with E-state index in [-0.39, 0.29) is 41.3 Å². The largest absolute Gasteiger partial charge is 0.508 e. The molecule has 0 fully saturated rings. The molecule has 1 heterocycles. The van der Waals surface area contributed by atoms with Crippen molar-refractivity contribution >= 4 is 16.9 Å². The van der Waals surface area contributed by atoms with E-state index < -0.39 is 11.4 Å². The fourth-order valence-electron chi connectivity index (χ4n) is 2.53. The molecule has 3 aromatic rings. The Balaban J connectivity index is 1.83. The number of aromatic hydroxyl groups is 2. The molecule has 0 unspecified atom stereocenters. The number of aliphatic carboxylic acids is 1. The number of benzene rings is 2. The second-order valence-electron chi connectivity index (χ2n) is 5.68. The zero-order chi connectivity index (χ0) is 18.7. The molecule has 0 aliphatic heterocycles. The van der Waals surface area contributed by atoms with E-state index in [1.54, 1.807) is 24.3 Å². The summed E-state index contributed by atoms with van der Waals surface area (Å²) < 4.78 is 11.1. The van der Waals surface area contributed by atoms with Crippen LogP contribution >= 0.6 is 0 Å². The number of phenolic OH excluding ortho intramolecular Hbond substituents is 2. The van der Waals surface area contributed by atoms with Crippen LogP contribution in [-0.2, 0) is 4.79 Å². The lowest BCUT2D eigenvalue weighted by molar-refractivity contribution is -0.137. The maximum Gasteiger partial charge on any atom is 0.303 e. The highest BCUT2D eigenvalue weighted by Crippen LogP contribution is 2.30. The van der Waals surface area contributed by atoms with Crippen molar-refractivity contribution in [1.29, 1.82) is 0 Å². The van der Waals surface area contributed by atoms with Crippen LogP contribution in [0.4, 0.5) is 0 Å². The van der Waals surface area contributed by atoms with Crippen molar-refractivity contribution in [3.8, 4) is 28.6 Å². The minimum absolute atomic E-state index is 0.00457. The molecule has 0 aliphatic carbocycles. The molecule has 0 aliphatic rings. The molecule has 134 valence electrons. The standard InChI is InChI=1S/C19H16O7/c20-12-8-14(21)19-15(22)10-16(26-17(19)9-12)11-3-5-13(6-4-11)25-7-1-2-18(23)24/h3-6,8-10,20-21H,1-2,7H2,(H,23,24).